The lowest BCUT2D eigenvalue weighted by molar-refractivity contribution is -0.00848. The van der Waals surface area contributed by atoms with E-state index in [1.165, 1.54) is 6.42 Å². The van der Waals surface area contributed by atoms with E-state index in [4.69, 9.17) is 10.00 Å². The maximum Gasteiger partial charge on any atom is 0.410 e. The average Bonchev–Trinajstić information content (AvgIpc) is 2.28. The Bertz CT molecular complexity index is 288. The molecule has 1 aliphatic heterocycles. The van der Waals surface area contributed by atoms with Crippen LogP contribution < -0.4 is 0 Å². The van der Waals surface area contributed by atoms with Gasteiger partial charge < -0.3 is 9.64 Å². The van der Waals surface area contributed by atoms with Gasteiger partial charge in [-0.15, -0.1) is 0 Å². The van der Waals surface area contributed by atoms with E-state index in [0.717, 1.165) is 25.9 Å². The summed E-state index contributed by atoms with van der Waals surface area (Å²) >= 11 is 0. The van der Waals surface area contributed by atoms with Crippen molar-refractivity contribution in [3.63, 3.8) is 0 Å². The molecule has 0 bridgehead atoms. The summed E-state index contributed by atoms with van der Waals surface area (Å²) in [6, 6.07) is 2.12. The number of piperidine rings is 1. The van der Waals surface area contributed by atoms with Crippen LogP contribution in [0.1, 0.15) is 40.0 Å². The summed E-state index contributed by atoms with van der Waals surface area (Å²) < 4.78 is 5.39. The number of carbonyl (C=O) groups excluding carboxylic acids is 1. The SMILES string of the molecule is CC(C#N)C(C)(C)OC(=O)N1CCCCC1. The molecular formula is C12H20N2O2. The van der Waals surface area contributed by atoms with Gasteiger partial charge >= 0.3 is 6.09 Å². The minimum absolute atomic E-state index is 0.285. The number of carbonyl (C=O) groups is 1. The van der Waals surface area contributed by atoms with Crippen LogP contribution in [0.25, 0.3) is 0 Å². The number of hydrogen-bond donors (Lipinski definition) is 0. The van der Waals surface area contributed by atoms with Crippen molar-refractivity contribution < 1.29 is 9.53 Å². The van der Waals surface area contributed by atoms with Gasteiger partial charge in [0.25, 0.3) is 0 Å². The first kappa shape index (κ1) is 12.8. The molecule has 1 fully saturated rings. The monoisotopic (exact) mass is 224 g/mol. The fourth-order valence-electron chi connectivity index (χ4n) is 1.61. The van der Waals surface area contributed by atoms with Crippen molar-refractivity contribution in [3.8, 4) is 6.07 Å². The van der Waals surface area contributed by atoms with Gasteiger partial charge in [0.2, 0.25) is 0 Å². The minimum Gasteiger partial charge on any atom is -0.442 e. The van der Waals surface area contributed by atoms with Gasteiger partial charge in [0.15, 0.2) is 0 Å². The zero-order chi connectivity index (χ0) is 12.2. The molecule has 0 aromatic carbocycles. The van der Waals surface area contributed by atoms with E-state index in [1.807, 2.05) is 0 Å². The third-order valence-electron chi connectivity index (χ3n) is 3.20. The van der Waals surface area contributed by atoms with E-state index < -0.39 is 5.60 Å². The Kier molecular flexibility index (Phi) is 4.17. The maximum absolute atomic E-state index is 11.8. The Morgan fingerprint density at radius 1 is 1.38 bits per heavy atom. The molecule has 0 aromatic rings. The van der Waals surface area contributed by atoms with Crippen LogP contribution in [-0.4, -0.2) is 29.7 Å². The largest absolute Gasteiger partial charge is 0.442 e. The molecule has 1 unspecified atom stereocenters. The molecule has 4 heteroatoms. The van der Waals surface area contributed by atoms with Crippen molar-refractivity contribution in [3.05, 3.63) is 0 Å². The Hall–Kier alpha value is -1.24. The number of nitriles is 1. The molecule has 0 saturated carbocycles. The van der Waals surface area contributed by atoms with E-state index in [0.29, 0.717) is 0 Å². The molecule has 0 spiro atoms. The highest BCUT2D eigenvalue weighted by atomic mass is 16.6. The highest BCUT2D eigenvalue weighted by Crippen LogP contribution is 2.22. The van der Waals surface area contributed by atoms with Crippen molar-refractivity contribution in [2.24, 2.45) is 5.92 Å². The first-order chi connectivity index (χ1) is 7.47. The van der Waals surface area contributed by atoms with E-state index in [-0.39, 0.29) is 12.0 Å². The second kappa shape index (κ2) is 5.20. The molecule has 90 valence electrons. The van der Waals surface area contributed by atoms with Crippen LogP contribution in [0.3, 0.4) is 0 Å². The zero-order valence-corrected chi connectivity index (χ0v) is 10.3. The highest BCUT2D eigenvalue weighted by Gasteiger charge is 2.32. The van der Waals surface area contributed by atoms with Crippen LogP contribution in [0.2, 0.25) is 0 Å². The lowest BCUT2D eigenvalue weighted by Gasteiger charge is -2.32. The normalized spacial score (nSPS) is 18.8. The molecule has 1 amide bonds. The summed E-state index contributed by atoms with van der Waals surface area (Å²) in [5.74, 6) is -0.304. The van der Waals surface area contributed by atoms with E-state index in [2.05, 4.69) is 6.07 Å². The first-order valence-corrected chi connectivity index (χ1v) is 5.85. The molecule has 1 rings (SSSR count). The number of rotatable bonds is 2. The third kappa shape index (κ3) is 3.13. The van der Waals surface area contributed by atoms with Gasteiger partial charge in [-0.25, -0.2) is 4.79 Å². The Labute approximate surface area is 97.2 Å². The molecule has 4 nitrogen and oxygen atoms in total. The lowest BCUT2D eigenvalue weighted by Crippen LogP contribution is -2.43. The molecule has 0 radical (unpaired) electrons. The van der Waals surface area contributed by atoms with Crippen molar-refractivity contribution in [1.29, 1.82) is 5.26 Å². The van der Waals surface area contributed by atoms with Gasteiger partial charge in [-0.2, -0.15) is 5.26 Å². The van der Waals surface area contributed by atoms with E-state index in [9.17, 15) is 4.79 Å². The third-order valence-corrected chi connectivity index (χ3v) is 3.20. The van der Waals surface area contributed by atoms with Crippen LogP contribution in [0.4, 0.5) is 4.79 Å². The first-order valence-electron chi connectivity index (χ1n) is 5.85. The quantitative estimate of drug-likeness (QED) is 0.724. The smallest absolute Gasteiger partial charge is 0.410 e. The molecular weight excluding hydrogens is 204 g/mol. The van der Waals surface area contributed by atoms with Gasteiger partial charge in [0, 0.05) is 13.1 Å². The van der Waals surface area contributed by atoms with Crippen molar-refractivity contribution >= 4 is 6.09 Å². The number of amides is 1. The van der Waals surface area contributed by atoms with E-state index in [1.54, 1.807) is 25.7 Å². The summed E-state index contributed by atoms with van der Waals surface area (Å²) in [7, 11) is 0. The molecule has 16 heavy (non-hydrogen) atoms. The van der Waals surface area contributed by atoms with Gasteiger partial charge in [0.1, 0.15) is 5.60 Å². The Morgan fingerprint density at radius 3 is 2.44 bits per heavy atom. The Balaban J connectivity index is 2.53. The number of ether oxygens (including phenoxy) is 1. The zero-order valence-electron chi connectivity index (χ0n) is 10.3. The topological polar surface area (TPSA) is 53.3 Å². The van der Waals surface area contributed by atoms with Crippen LogP contribution in [0.15, 0.2) is 0 Å². The van der Waals surface area contributed by atoms with E-state index >= 15 is 0 Å². The minimum atomic E-state index is -0.719. The van der Waals surface area contributed by atoms with Gasteiger partial charge in [-0.05, 0) is 40.0 Å². The fraction of sp³-hybridized carbons (Fsp3) is 0.833. The van der Waals surface area contributed by atoms with Gasteiger partial charge in [0.05, 0.1) is 12.0 Å². The second-order valence-corrected chi connectivity index (χ2v) is 4.87. The molecule has 1 atom stereocenters. The molecule has 1 aliphatic rings. The van der Waals surface area contributed by atoms with Crippen molar-refractivity contribution in [2.75, 3.05) is 13.1 Å². The Morgan fingerprint density at radius 2 is 1.94 bits per heavy atom. The summed E-state index contributed by atoms with van der Waals surface area (Å²) in [4.78, 5) is 13.6. The summed E-state index contributed by atoms with van der Waals surface area (Å²) in [6.07, 6.45) is 2.99. The second-order valence-electron chi connectivity index (χ2n) is 4.87. The molecule has 0 N–H and O–H groups in total. The summed E-state index contributed by atoms with van der Waals surface area (Å²) in [6.45, 7) is 6.88. The number of nitrogens with zero attached hydrogens (tertiary/aromatic N) is 2. The average molecular weight is 224 g/mol. The maximum atomic E-state index is 11.8. The highest BCUT2D eigenvalue weighted by molar-refractivity contribution is 5.68. The molecule has 0 aliphatic carbocycles. The van der Waals surface area contributed by atoms with Crippen molar-refractivity contribution in [1.82, 2.24) is 4.90 Å². The predicted octanol–water partition coefficient (Wildman–Crippen LogP) is 2.55. The van der Waals surface area contributed by atoms with Crippen molar-refractivity contribution in [2.45, 2.75) is 45.6 Å². The lowest BCUT2D eigenvalue weighted by atomic mass is 9.94. The van der Waals surface area contributed by atoms with Crippen LogP contribution in [-0.2, 0) is 4.74 Å². The predicted molar refractivity (Wildman–Crippen MR) is 60.8 cm³/mol. The van der Waals surface area contributed by atoms with Gasteiger partial charge in [-0.1, -0.05) is 0 Å². The van der Waals surface area contributed by atoms with Crippen LogP contribution >= 0.6 is 0 Å². The molecule has 1 saturated heterocycles. The molecule has 0 aromatic heterocycles. The number of hydrogen-bond acceptors (Lipinski definition) is 3. The summed E-state index contributed by atoms with van der Waals surface area (Å²) in [5.41, 5.74) is -0.719. The standard InChI is InChI=1S/C12H20N2O2/c1-10(9-13)12(2,3)16-11(15)14-7-5-4-6-8-14/h10H,4-8H2,1-3H3. The van der Waals surface area contributed by atoms with Crippen LogP contribution in [0, 0.1) is 17.2 Å². The molecule has 1 heterocycles. The number of likely N-dealkylation sites (tertiary alicyclic amines) is 1. The van der Waals surface area contributed by atoms with Crippen LogP contribution in [0.5, 0.6) is 0 Å². The summed E-state index contributed by atoms with van der Waals surface area (Å²) in [5, 5.41) is 8.84. The fourth-order valence-corrected chi connectivity index (χ4v) is 1.61. The van der Waals surface area contributed by atoms with Gasteiger partial charge in [-0.3, -0.25) is 0 Å².